The molecule has 1 rings (SSSR count). The number of carboxylic acid groups (broad SMARTS) is 1. The molecule has 0 saturated carbocycles. The van der Waals surface area contributed by atoms with Crippen molar-refractivity contribution in [1.82, 2.24) is 0 Å². The summed E-state index contributed by atoms with van der Waals surface area (Å²) in [6, 6.07) is 6.93. The number of hydrogen-bond acceptors (Lipinski definition) is 5. The molecule has 6 heteroatoms. The second-order valence-electron chi connectivity index (χ2n) is 4.24. The Morgan fingerprint density at radius 1 is 1.35 bits per heavy atom. The number of aliphatic carboxylic acids is 1. The van der Waals surface area contributed by atoms with Crippen LogP contribution in [0.3, 0.4) is 0 Å². The first-order valence-corrected chi connectivity index (χ1v) is 6.44. The Morgan fingerprint density at radius 2 is 2.05 bits per heavy atom. The molecule has 0 bridgehead atoms. The van der Waals surface area contributed by atoms with Crippen molar-refractivity contribution in [2.45, 2.75) is 32.3 Å². The molecule has 20 heavy (non-hydrogen) atoms. The standard InChI is InChI=1S/C14H19NO5/c1-2-5-12(14(17)18)20-13(16)8-9-19-11-7-4-3-6-10(11)15/h3-4,6-7,12H,2,5,8-9,15H2,1H3,(H,17,18). The van der Waals surface area contributed by atoms with E-state index >= 15 is 0 Å². The predicted octanol–water partition coefficient (Wildman–Crippen LogP) is 1.83. The maximum Gasteiger partial charge on any atom is 0.345 e. The molecule has 0 aliphatic rings. The molecule has 1 aromatic carbocycles. The molecule has 6 nitrogen and oxygen atoms in total. The van der Waals surface area contributed by atoms with E-state index in [1.807, 2.05) is 6.92 Å². The maximum absolute atomic E-state index is 11.5. The summed E-state index contributed by atoms with van der Waals surface area (Å²) in [5.74, 6) is -1.24. The zero-order valence-electron chi connectivity index (χ0n) is 11.4. The van der Waals surface area contributed by atoms with Crippen molar-refractivity contribution in [3.05, 3.63) is 24.3 Å². The Labute approximate surface area is 117 Å². The molecular weight excluding hydrogens is 262 g/mol. The molecule has 0 aliphatic carbocycles. The minimum Gasteiger partial charge on any atom is -0.491 e. The molecule has 1 unspecified atom stereocenters. The number of carbonyl (C=O) groups is 2. The van der Waals surface area contributed by atoms with Crippen molar-refractivity contribution in [3.8, 4) is 5.75 Å². The number of rotatable bonds is 8. The maximum atomic E-state index is 11.5. The van der Waals surface area contributed by atoms with Crippen LogP contribution in [-0.2, 0) is 14.3 Å². The molecule has 110 valence electrons. The second-order valence-corrected chi connectivity index (χ2v) is 4.24. The molecule has 0 amide bonds. The van der Waals surface area contributed by atoms with E-state index in [4.69, 9.17) is 20.3 Å². The van der Waals surface area contributed by atoms with E-state index in [9.17, 15) is 9.59 Å². The molecule has 1 atom stereocenters. The van der Waals surface area contributed by atoms with E-state index in [1.165, 1.54) is 0 Å². The fraction of sp³-hybridized carbons (Fsp3) is 0.429. The van der Waals surface area contributed by atoms with Gasteiger partial charge in [0.15, 0.2) is 6.10 Å². The lowest BCUT2D eigenvalue weighted by atomic mass is 10.2. The molecule has 0 radical (unpaired) electrons. The summed E-state index contributed by atoms with van der Waals surface area (Å²) in [5, 5.41) is 8.87. The minimum atomic E-state index is -1.13. The fourth-order valence-electron chi connectivity index (χ4n) is 1.57. The van der Waals surface area contributed by atoms with Gasteiger partial charge in [-0.15, -0.1) is 0 Å². The van der Waals surface area contributed by atoms with Crippen LogP contribution < -0.4 is 10.5 Å². The number of nitrogens with two attached hydrogens (primary N) is 1. The van der Waals surface area contributed by atoms with Crippen LogP contribution in [0.5, 0.6) is 5.75 Å². The average molecular weight is 281 g/mol. The van der Waals surface area contributed by atoms with Gasteiger partial charge in [0.25, 0.3) is 0 Å². The first kappa shape index (κ1) is 15.8. The van der Waals surface area contributed by atoms with Crippen LogP contribution in [-0.4, -0.2) is 29.8 Å². The van der Waals surface area contributed by atoms with Gasteiger partial charge in [-0.05, 0) is 18.6 Å². The van der Waals surface area contributed by atoms with Crippen LogP contribution in [0.25, 0.3) is 0 Å². The monoisotopic (exact) mass is 281 g/mol. The quantitative estimate of drug-likeness (QED) is 0.557. The number of carboxylic acids is 1. The van der Waals surface area contributed by atoms with E-state index in [0.717, 1.165) is 0 Å². The van der Waals surface area contributed by atoms with Crippen molar-refractivity contribution in [2.24, 2.45) is 0 Å². The highest BCUT2D eigenvalue weighted by molar-refractivity contribution is 5.78. The van der Waals surface area contributed by atoms with Crippen LogP contribution in [0.2, 0.25) is 0 Å². The highest BCUT2D eigenvalue weighted by atomic mass is 16.6. The molecule has 1 aromatic rings. The first-order valence-electron chi connectivity index (χ1n) is 6.44. The van der Waals surface area contributed by atoms with Gasteiger partial charge < -0.3 is 20.3 Å². The summed E-state index contributed by atoms with van der Waals surface area (Å²) >= 11 is 0. The van der Waals surface area contributed by atoms with Crippen molar-refractivity contribution >= 4 is 17.6 Å². The molecule has 0 aliphatic heterocycles. The van der Waals surface area contributed by atoms with Crippen LogP contribution in [0.1, 0.15) is 26.2 Å². The summed E-state index contributed by atoms with van der Waals surface area (Å²) in [4.78, 5) is 22.4. The zero-order valence-corrected chi connectivity index (χ0v) is 11.4. The minimum absolute atomic E-state index is 0.0260. The van der Waals surface area contributed by atoms with Gasteiger partial charge >= 0.3 is 11.9 Å². The number of benzene rings is 1. The molecule has 3 N–H and O–H groups in total. The van der Waals surface area contributed by atoms with Gasteiger partial charge in [-0.3, -0.25) is 4.79 Å². The highest BCUT2D eigenvalue weighted by Gasteiger charge is 2.20. The Balaban J connectivity index is 2.36. The third kappa shape index (κ3) is 5.17. The van der Waals surface area contributed by atoms with Crippen LogP contribution in [0.4, 0.5) is 5.69 Å². The molecule has 0 saturated heterocycles. The first-order chi connectivity index (χ1) is 9.54. The van der Waals surface area contributed by atoms with Gasteiger partial charge in [-0.2, -0.15) is 0 Å². The van der Waals surface area contributed by atoms with Crippen molar-refractivity contribution < 1.29 is 24.2 Å². The number of para-hydroxylation sites is 2. The van der Waals surface area contributed by atoms with E-state index in [-0.39, 0.29) is 13.0 Å². The Morgan fingerprint density at radius 3 is 2.65 bits per heavy atom. The Bertz CT molecular complexity index is 461. The number of carbonyl (C=O) groups excluding carboxylic acids is 1. The second kappa shape index (κ2) is 8.04. The molecular formula is C14H19NO5. The highest BCUT2D eigenvalue weighted by Crippen LogP contribution is 2.19. The van der Waals surface area contributed by atoms with Gasteiger partial charge in [0, 0.05) is 0 Å². The third-order valence-corrected chi connectivity index (χ3v) is 2.58. The molecule has 0 spiro atoms. The molecule has 0 heterocycles. The van der Waals surface area contributed by atoms with Crippen LogP contribution >= 0.6 is 0 Å². The van der Waals surface area contributed by atoms with Gasteiger partial charge in [0.05, 0.1) is 18.7 Å². The number of anilines is 1. The van der Waals surface area contributed by atoms with Gasteiger partial charge in [0.2, 0.25) is 0 Å². The van der Waals surface area contributed by atoms with E-state index in [2.05, 4.69) is 0 Å². The van der Waals surface area contributed by atoms with Crippen molar-refractivity contribution in [2.75, 3.05) is 12.3 Å². The summed E-state index contributed by atoms with van der Waals surface area (Å²) < 4.78 is 10.2. The van der Waals surface area contributed by atoms with E-state index in [0.29, 0.717) is 24.3 Å². The smallest absolute Gasteiger partial charge is 0.345 e. The summed E-state index contributed by atoms with van der Waals surface area (Å²) in [6.45, 7) is 1.91. The van der Waals surface area contributed by atoms with Gasteiger partial charge in [-0.25, -0.2) is 4.79 Å². The number of hydrogen-bond donors (Lipinski definition) is 2. The Kier molecular flexibility index (Phi) is 6.36. The zero-order chi connectivity index (χ0) is 15.0. The van der Waals surface area contributed by atoms with Crippen LogP contribution in [0.15, 0.2) is 24.3 Å². The predicted molar refractivity (Wildman–Crippen MR) is 73.4 cm³/mol. The lowest BCUT2D eigenvalue weighted by Crippen LogP contribution is -2.27. The third-order valence-electron chi connectivity index (χ3n) is 2.58. The fourth-order valence-corrected chi connectivity index (χ4v) is 1.57. The lowest BCUT2D eigenvalue weighted by Gasteiger charge is -2.13. The van der Waals surface area contributed by atoms with Gasteiger partial charge in [-0.1, -0.05) is 25.5 Å². The SMILES string of the molecule is CCCC(OC(=O)CCOc1ccccc1N)C(=O)O. The summed E-state index contributed by atoms with van der Waals surface area (Å²) in [5.41, 5.74) is 6.16. The average Bonchev–Trinajstić information content (AvgIpc) is 2.40. The van der Waals surface area contributed by atoms with Gasteiger partial charge in [0.1, 0.15) is 5.75 Å². The number of ether oxygens (including phenoxy) is 2. The largest absolute Gasteiger partial charge is 0.491 e. The van der Waals surface area contributed by atoms with Crippen LogP contribution in [0, 0.1) is 0 Å². The van der Waals surface area contributed by atoms with Crippen molar-refractivity contribution in [3.63, 3.8) is 0 Å². The molecule has 0 aromatic heterocycles. The lowest BCUT2D eigenvalue weighted by molar-refractivity contribution is -0.164. The van der Waals surface area contributed by atoms with Crippen molar-refractivity contribution in [1.29, 1.82) is 0 Å². The summed E-state index contributed by atoms with van der Waals surface area (Å²) in [7, 11) is 0. The van der Waals surface area contributed by atoms with E-state index < -0.39 is 18.0 Å². The number of esters is 1. The Hall–Kier alpha value is -2.24. The van der Waals surface area contributed by atoms with E-state index in [1.54, 1.807) is 24.3 Å². The summed E-state index contributed by atoms with van der Waals surface area (Å²) in [6.07, 6.45) is -0.189. The normalized spacial score (nSPS) is 11.7. The number of nitrogen functional groups attached to an aromatic ring is 1. The topological polar surface area (TPSA) is 98.9 Å². The molecule has 0 fully saturated rings.